The number of hydrogen-bond acceptors (Lipinski definition) is 4. The van der Waals surface area contributed by atoms with Gasteiger partial charge in [-0.25, -0.2) is 0 Å². The Labute approximate surface area is 173 Å². The van der Waals surface area contributed by atoms with Crippen LogP contribution in [0.25, 0.3) is 0 Å². The second kappa shape index (κ2) is 7.38. The summed E-state index contributed by atoms with van der Waals surface area (Å²) in [6, 6.07) is 0.188. The number of aryl methyl sites for hydroxylation is 1. The van der Waals surface area contributed by atoms with Crippen molar-refractivity contribution in [1.82, 2.24) is 15.1 Å². The highest BCUT2D eigenvalue weighted by Gasteiger charge is 2.55. The zero-order chi connectivity index (χ0) is 20.2. The molecule has 0 aromatic carbocycles. The number of unbranched alkanes of at least 4 members (excludes halogenated alkanes) is 1. The molecule has 160 valence electrons. The van der Waals surface area contributed by atoms with Crippen LogP contribution in [-0.4, -0.2) is 39.5 Å². The van der Waals surface area contributed by atoms with E-state index in [0.29, 0.717) is 29.2 Å². The van der Waals surface area contributed by atoms with Crippen LogP contribution in [0.15, 0.2) is 6.20 Å². The van der Waals surface area contributed by atoms with Gasteiger partial charge < -0.3 is 15.2 Å². The van der Waals surface area contributed by atoms with E-state index in [-0.39, 0.29) is 18.1 Å². The van der Waals surface area contributed by atoms with Gasteiger partial charge >= 0.3 is 0 Å². The minimum atomic E-state index is -0.471. The fraction of sp³-hybridized carbons (Fsp3) is 0.826. The van der Waals surface area contributed by atoms with E-state index in [4.69, 9.17) is 4.74 Å². The minimum absolute atomic E-state index is 0.00471. The van der Waals surface area contributed by atoms with Crippen LogP contribution in [0.2, 0.25) is 0 Å². The van der Waals surface area contributed by atoms with Crippen molar-refractivity contribution < 1.29 is 14.6 Å². The highest BCUT2D eigenvalue weighted by molar-refractivity contribution is 5.95. The molecule has 29 heavy (non-hydrogen) atoms. The standard InChI is InChI=1S/C23H35N3O3/c1-3-4-7-26-20(21(29-2)15-5-6-15)18(13-24-26)22(27)25-19-16-8-14-9-17(19)12-23(28,10-14)11-16/h13-17,19,21,28H,3-12H2,1-2H3,(H,25,27). The van der Waals surface area contributed by atoms with Crippen molar-refractivity contribution in [2.45, 2.75) is 89.0 Å². The topological polar surface area (TPSA) is 76.4 Å². The maximum absolute atomic E-state index is 13.4. The lowest BCUT2D eigenvalue weighted by Gasteiger charge is -2.58. The summed E-state index contributed by atoms with van der Waals surface area (Å²) in [7, 11) is 1.75. The molecule has 5 fully saturated rings. The zero-order valence-electron chi connectivity index (χ0n) is 17.8. The zero-order valence-corrected chi connectivity index (χ0v) is 17.8. The molecule has 1 heterocycles. The Morgan fingerprint density at radius 1 is 1.34 bits per heavy atom. The van der Waals surface area contributed by atoms with Crippen molar-refractivity contribution in [3.63, 3.8) is 0 Å². The highest BCUT2D eigenvalue weighted by atomic mass is 16.5. The lowest BCUT2D eigenvalue weighted by molar-refractivity contribution is -0.136. The Balaban J connectivity index is 1.38. The maximum Gasteiger partial charge on any atom is 0.255 e. The van der Waals surface area contributed by atoms with Gasteiger partial charge in [-0.15, -0.1) is 0 Å². The summed E-state index contributed by atoms with van der Waals surface area (Å²) in [5, 5.41) is 18.8. The molecule has 2 N–H and O–H groups in total. The molecule has 3 unspecified atom stereocenters. The number of nitrogens with one attached hydrogen (secondary N) is 1. The average molecular weight is 402 g/mol. The number of rotatable bonds is 8. The number of methoxy groups -OCH3 is 1. The predicted octanol–water partition coefficient (Wildman–Crippen LogP) is 3.45. The van der Waals surface area contributed by atoms with E-state index in [1.165, 1.54) is 0 Å². The molecule has 5 aliphatic rings. The van der Waals surface area contributed by atoms with Crippen LogP contribution < -0.4 is 5.32 Å². The number of carbonyl (C=O) groups is 1. The summed E-state index contributed by atoms with van der Waals surface area (Å²) in [5.74, 6) is 1.96. The Morgan fingerprint density at radius 2 is 2.07 bits per heavy atom. The van der Waals surface area contributed by atoms with Crippen molar-refractivity contribution in [2.24, 2.45) is 23.7 Å². The van der Waals surface area contributed by atoms with Crippen LogP contribution in [-0.2, 0) is 11.3 Å². The first-order valence-corrected chi connectivity index (χ1v) is 11.6. The monoisotopic (exact) mass is 401 g/mol. The van der Waals surface area contributed by atoms with Crippen LogP contribution in [0.5, 0.6) is 0 Å². The molecule has 6 rings (SSSR count). The molecule has 3 atom stereocenters. The summed E-state index contributed by atoms with van der Waals surface area (Å²) >= 11 is 0. The molecule has 6 heteroatoms. The first kappa shape index (κ1) is 19.6. The molecule has 1 aromatic heterocycles. The number of aliphatic hydroxyl groups is 1. The van der Waals surface area contributed by atoms with Gasteiger partial charge in [-0.2, -0.15) is 5.10 Å². The van der Waals surface area contributed by atoms with Gasteiger partial charge in [-0.1, -0.05) is 13.3 Å². The number of hydrogen-bond donors (Lipinski definition) is 2. The van der Waals surface area contributed by atoms with Crippen molar-refractivity contribution >= 4 is 5.91 Å². The molecule has 0 saturated heterocycles. The summed E-state index contributed by atoms with van der Waals surface area (Å²) in [5.41, 5.74) is 1.18. The smallest absolute Gasteiger partial charge is 0.255 e. The van der Waals surface area contributed by atoms with E-state index < -0.39 is 5.60 Å². The molecule has 5 aliphatic carbocycles. The number of nitrogens with zero attached hydrogens (tertiary/aromatic N) is 2. The van der Waals surface area contributed by atoms with E-state index in [0.717, 1.165) is 70.0 Å². The van der Waals surface area contributed by atoms with E-state index in [1.807, 2.05) is 4.68 Å². The average Bonchev–Trinajstić information content (AvgIpc) is 3.42. The first-order valence-electron chi connectivity index (χ1n) is 11.6. The molecule has 1 amide bonds. The second-order valence-electron chi connectivity index (χ2n) is 10.2. The molecule has 4 bridgehead atoms. The van der Waals surface area contributed by atoms with E-state index >= 15 is 0 Å². The van der Waals surface area contributed by atoms with E-state index in [1.54, 1.807) is 13.3 Å². The van der Waals surface area contributed by atoms with Crippen LogP contribution in [0, 0.1) is 23.7 Å². The Bertz CT molecular complexity index is 755. The number of aromatic nitrogens is 2. The first-order chi connectivity index (χ1) is 14.0. The third kappa shape index (κ3) is 3.52. The second-order valence-corrected chi connectivity index (χ2v) is 10.2. The number of amides is 1. The van der Waals surface area contributed by atoms with E-state index in [2.05, 4.69) is 17.3 Å². The van der Waals surface area contributed by atoms with Gasteiger partial charge in [0.1, 0.15) is 6.10 Å². The van der Waals surface area contributed by atoms with Gasteiger partial charge in [-0.05, 0) is 75.0 Å². The fourth-order valence-corrected chi connectivity index (χ4v) is 6.73. The summed E-state index contributed by atoms with van der Waals surface area (Å²) in [4.78, 5) is 13.4. The van der Waals surface area contributed by atoms with Crippen molar-refractivity contribution in [2.75, 3.05) is 7.11 Å². The van der Waals surface area contributed by atoms with Crippen LogP contribution in [0.1, 0.15) is 86.9 Å². The molecule has 0 aliphatic heterocycles. The molecular weight excluding hydrogens is 366 g/mol. The van der Waals surface area contributed by atoms with Gasteiger partial charge in [0.15, 0.2) is 0 Å². The fourth-order valence-electron chi connectivity index (χ4n) is 6.73. The Morgan fingerprint density at radius 3 is 2.66 bits per heavy atom. The summed E-state index contributed by atoms with van der Waals surface area (Å²) in [6.45, 7) is 3.00. The number of ether oxygens (including phenoxy) is 1. The van der Waals surface area contributed by atoms with Gasteiger partial charge in [0, 0.05) is 19.7 Å². The highest BCUT2D eigenvalue weighted by Crippen LogP contribution is 2.55. The van der Waals surface area contributed by atoms with Crippen molar-refractivity contribution in [3.8, 4) is 0 Å². The van der Waals surface area contributed by atoms with Gasteiger partial charge in [0.25, 0.3) is 5.91 Å². The SMILES string of the molecule is CCCCn1ncc(C(=O)NC2C3CC4CC2CC(O)(C4)C3)c1C(OC)C1CC1. The van der Waals surface area contributed by atoms with Crippen molar-refractivity contribution in [1.29, 1.82) is 0 Å². The van der Waals surface area contributed by atoms with E-state index in [9.17, 15) is 9.90 Å². The van der Waals surface area contributed by atoms with Gasteiger partial charge in [0.2, 0.25) is 0 Å². The van der Waals surface area contributed by atoms with Gasteiger partial charge in [0.05, 0.1) is 23.1 Å². The Kier molecular flexibility index (Phi) is 4.98. The molecule has 0 radical (unpaired) electrons. The van der Waals surface area contributed by atoms with Crippen LogP contribution in [0.4, 0.5) is 0 Å². The van der Waals surface area contributed by atoms with Crippen LogP contribution >= 0.6 is 0 Å². The third-order valence-electron chi connectivity index (χ3n) is 7.96. The number of carbonyl (C=O) groups excluding carboxylic acids is 1. The predicted molar refractivity (Wildman–Crippen MR) is 109 cm³/mol. The molecule has 0 spiro atoms. The third-order valence-corrected chi connectivity index (χ3v) is 7.96. The lowest BCUT2D eigenvalue weighted by atomic mass is 9.52. The van der Waals surface area contributed by atoms with Crippen LogP contribution in [0.3, 0.4) is 0 Å². The largest absolute Gasteiger partial charge is 0.390 e. The Hall–Kier alpha value is -1.40. The van der Waals surface area contributed by atoms with Gasteiger partial charge in [-0.3, -0.25) is 9.48 Å². The molecular formula is C23H35N3O3. The molecule has 1 aromatic rings. The summed E-state index contributed by atoms with van der Waals surface area (Å²) in [6.07, 6.45) is 11.1. The molecule has 6 nitrogen and oxygen atoms in total. The summed E-state index contributed by atoms with van der Waals surface area (Å²) < 4.78 is 7.86. The molecule has 5 saturated carbocycles. The minimum Gasteiger partial charge on any atom is -0.390 e. The quantitative estimate of drug-likeness (QED) is 0.699. The normalized spacial score (nSPS) is 36.4. The maximum atomic E-state index is 13.4. The van der Waals surface area contributed by atoms with Crippen molar-refractivity contribution in [3.05, 3.63) is 17.5 Å². The lowest BCUT2D eigenvalue weighted by Crippen LogP contribution is -2.61.